The van der Waals surface area contributed by atoms with Gasteiger partial charge in [0, 0.05) is 23.7 Å². The summed E-state index contributed by atoms with van der Waals surface area (Å²) in [5.41, 5.74) is 1.46. The first-order chi connectivity index (χ1) is 47.4. The third-order valence-corrected chi connectivity index (χ3v) is 16.0. The molecule has 0 bridgehead atoms. The van der Waals surface area contributed by atoms with Crippen LogP contribution in [0.3, 0.4) is 0 Å². The number of carboxylic acid groups (broad SMARTS) is 1. The molecule has 0 fully saturated rings. The highest BCUT2D eigenvalue weighted by molar-refractivity contribution is 5.88. The molecule has 98 heavy (non-hydrogen) atoms. The average molecular weight is 1330 g/mol. The Balaban J connectivity index is 0.000000153. The summed E-state index contributed by atoms with van der Waals surface area (Å²) < 4.78 is 36.2. The molecule has 0 aliphatic rings. The molecule has 20 heteroatoms. The van der Waals surface area contributed by atoms with E-state index in [1.165, 1.54) is 7.11 Å². The van der Waals surface area contributed by atoms with Crippen molar-refractivity contribution in [2.75, 3.05) is 20.3 Å². The van der Waals surface area contributed by atoms with Crippen LogP contribution in [0.15, 0.2) is 255 Å². The van der Waals surface area contributed by atoms with Gasteiger partial charge in [0.2, 0.25) is 0 Å². The Morgan fingerprint density at radius 1 is 0.347 bits per heavy atom. The maximum absolute atomic E-state index is 12.6. The van der Waals surface area contributed by atoms with Crippen molar-refractivity contribution >= 4 is 67.8 Å². The number of methoxy groups -OCH3 is 1. The lowest BCUT2D eigenvalue weighted by Gasteiger charge is -2.18. The third-order valence-electron chi connectivity index (χ3n) is 16.0. The number of fused-ring (bicyclic) bond motifs is 4. The quantitative estimate of drug-likeness (QED) is 0.0285. The number of benzene rings is 8. The first kappa shape index (κ1) is 70.0. The van der Waals surface area contributed by atoms with E-state index in [0.717, 1.165) is 16.7 Å². The Morgan fingerprint density at radius 2 is 0.592 bits per heavy atom. The maximum Gasteiger partial charge on any atom is 0.343 e. The number of aliphatic carboxylic acids is 1. The van der Waals surface area contributed by atoms with E-state index >= 15 is 0 Å². The minimum atomic E-state index is -1.06. The van der Waals surface area contributed by atoms with E-state index in [1.54, 1.807) is 171 Å². The van der Waals surface area contributed by atoms with Crippen molar-refractivity contribution in [3.63, 3.8) is 0 Å². The molecule has 4 unspecified atom stereocenters. The van der Waals surface area contributed by atoms with Crippen molar-refractivity contribution in [2.24, 2.45) is 0 Å². The summed E-state index contributed by atoms with van der Waals surface area (Å²) in [7, 11) is 1.28. The summed E-state index contributed by atoms with van der Waals surface area (Å²) in [6.45, 7) is 4.19. The number of hydrogen-bond acceptors (Lipinski definition) is 19. The average Bonchev–Trinajstić information content (AvgIpc) is 0.800. The molecule has 0 saturated carbocycles. The van der Waals surface area contributed by atoms with E-state index in [2.05, 4.69) is 0 Å². The van der Waals surface area contributed by atoms with Crippen LogP contribution in [-0.4, -0.2) is 69.7 Å². The Labute approximate surface area is 559 Å². The van der Waals surface area contributed by atoms with Crippen LogP contribution in [0.4, 0.5) is 0 Å². The number of carbonyl (C=O) groups excluding carboxylic acids is 3. The van der Waals surface area contributed by atoms with Crippen molar-refractivity contribution < 1.29 is 76.6 Å². The van der Waals surface area contributed by atoms with Gasteiger partial charge in [0.1, 0.15) is 45.3 Å². The summed E-state index contributed by atoms with van der Waals surface area (Å²) in [6, 6.07) is 62.8. The van der Waals surface area contributed by atoms with Crippen molar-refractivity contribution in [2.45, 2.75) is 69.6 Å². The Bertz CT molecular complexity index is 5000. The SMILES string of the molecule is CCCOC(=O)CC(c1ccccc1)c1c(O)c2ccccc2oc1=O.CCOC(=O)CC(c1ccccc1)c1c(O)c2ccccc2oc1=O.COC(=O)CC(c1ccccc1)c1c(O)c2ccccc2oc1=O.O=C(O)CC(c1ccccc1)c1c(O)c2ccccc2oc1=O. The van der Waals surface area contributed by atoms with E-state index in [-0.39, 0.29) is 83.1 Å². The number of carbonyl (C=O) groups is 4. The molecule has 0 saturated heterocycles. The van der Waals surface area contributed by atoms with Gasteiger partial charge in [-0.25, -0.2) is 19.2 Å². The van der Waals surface area contributed by atoms with E-state index in [4.69, 9.17) is 31.9 Å². The smallest absolute Gasteiger partial charge is 0.343 e. The fourth-order valence-electron chi connectivity index (χ4n) is 11.4. The second-order valence-corrected chi connectivity index (χ2v) is 22.3. The monoisotopic (exact) mass is 1320 g/mol. The Kier molecular flexibility index (Phi) is 23.7. The highest BCUT2D eigenvalue weighted by Crippen LogP contribution is 2.40. The molecule has 4 heterocycles. The highest BCUT2D eigenvalue weighted by Gasteiger charge is 2.31. The third kappa shape index (κ3) is 16.8. The largest absolute Gasteiger partial charge is 0.507 e. The lowest BCUT2D eigenvalue weighted by molar-refractivity contribution is -0.144. The fraction of sp³-hybridized carbons (Fsp3) is 0.179. The maximum atomic E-state index is 12.6. The summed E-state index contributed by atoms with van der Waals surface area (Å²) in [5, 5.41) is 53.5. The Hall–Kier alpha value is -12.3. The molecule has 0 amide bonds. The molecule has 12 rings (SSSR count). The van der Waals surface area contributed by atoms with E-state index in [1.807, 2.05) is 61.5 Å². The minimum absolute atomic E-state index is 0.0303. The van der Waals surface area contributed by atoms with Gasteiger partial charge in [0.25, 0.3) is 0 Å². The summed E-state index contributed by atoms with van der Waals surface area (Å²) >= 11 is 0. The molecule has 8 aromatic carbocycles. The van der Waals surface area contributed by atoms with Gasteiger partial charge in [-0.2, -0.15) is 0 Å². The summed E-state index contributed by atoms with van der Waals surface area (Å²) in [6.07, 6.45) is 0.206. The molecule has 4 aromatic heterocycles. The van der Waals surface area contributed by atoms with Crippen LogP contribution in [0.1, 0.15) is 114 Å². The van der Waals surface area contributed by atoms with E-state index in [9.17, 15) is 63.9 Å². The number of ether oxygens (including phenoxy) is 3. The van der Waals surface area contributed by atoms with Crippen LogP contribution >= 0.6 is 0 Å². The van der Waals surface area contributed by atoms with Gasteiger partial charge < -0.3 is 57.4 Å². The second kappa shape index (κ2) is 33.2. The molecule has 4 atom stereocenters. The van der Waals surface area contributed by atoms with Crippen LogP contribution in [-0.2, 0) is 33.4 Å². The normalized spacial score (nSPS) is 12.1. The van der Waals surface area contributed by atoms with Crippen LogP contribution < -0.4 is 22.5 Å². The van der Waals surface area contributed by atoms with Gasteiger partial charge >= 0.3 is 46.4 Å². The highest BCUT2D eigenvalue weighted by atomic mass is 16.5. The topological polar surface area (TPSA) is 318 Å². The van der Waals surface area contributed by atoms with Crippen LogP contribution in [0.2, 0.25) is 0 Å². The molecule has 0 aliphatic carbocycles. The molecule has 500 valence electrons. The number of aromatic hydroxyl groups is 4. The predicted molar refractivity (Wildman–Crippen MR) is 366 cm³/mol. The lowest BCUT2D eigenvalue weighted by atomic mass is 9.88. The number of carboxylic acids is 1. The molecule has 0 aliphatic heterocycles. The number of para-hydroxylation sites is 4. The second-order valence-electron chi connectivity index (χ2n) is 22.3. The molecule has 12 aromatic rings. The first-order valence-corrected chi connectivity index (χ1v) is 31.2. The minimum Gasteiger partial charge on any atom is -0.507 e. The van der Waals surface area contributed by atoms with Crippen molar-refractivity contribution in [3.05, 3.63) is 305 Å². The van der Waals surface area contributed by atoms with Gasteiger partial charge in [-0.05, 0) is 84.1 Å². The van der Waals surface area contributed by atoms with Gasteiger partial charge in [-0.15, -0.1) is 0 Å². The zero-order valence-corrected chi connectivity index (χ0v) is 53.4. The van der Waals surface area contributed by atoms with Crippen molar-refractivity contribution in [1.82, 2.24) is 0 Å². The van der Waals surface area contributed by atoms with Crippen molar-refractivity contribution in [3.8, 4) is 23.0 Å². The molecule has 5 N–H and O–H groups in total. The van der Waals surface area contributed by atoms with Gasteiger partial charge in [0.15, 0.2) is 0 Å². The zero-order chi connectivity index (χ0) is 69.8. The van der Waals surface area contributed by atoms with Gasteiger partial charge in [0.05, 0.1) is 89.8 Å². The lowest BCUT2D eigenvalue weighted by Crippen LogP contribution is -2.18. The first-order valence-electron chi connectivity index (χ1n) is 31.2. The number of hydrogen-bond donors (Lipinski definition) is 5. The summed E-state index contributed by atoms with van der Waals surface area (Å²) in [5.74, 6) is -5.86. The van der Waals surface area contributed by atoms with Crippen LogP contribution in [0.5, 0.6) is 23.0 Å². The standard InChI is InChI=1S/C21H20O5.C20H18O5.C19H16O5.C18H14O5/c1-2-12-25-18(22)13-16(14-8-4-3-5-9-14)19-20(23)15-10-6-7-11-17(15)26-21(19)24;1-2-24-17(21)12-15(13-8-4-3-5-9-13)18-19(22)14-10-6-7-11-16(14)25-20(18)23;1-23-16(20)11-14(12-7-3-2-4-8-12)17-18(21)13-9-5-6-10-15(13)24-19(17)22;19-15(20)10-13(11-6-2-1-3-7-11)16-17(21)12-8-4-5-9-14(12)23-18(16)22/h3-11,16,23H,2,12-13H2,1H3;3-11,15,22H,2,12H2,1H3;2-10,14,21H,11H2,1H3;1-9,13,21H,10H2,(H,19,20). The fourth-order valence-corrected chi connectivity index (χ4v) is 11.4. The molecular formula is C78H68O20. The zero-order valence-electron chi connectivity index (χ0n) is 53.4. The summed E-state index contributed by atoms with van der Waals surface area (Å²) in [4.78, 5) is 97.2. The molecule has 20 nitrogen and oxygen atoms in total. The number of esters is 3. The molecule has 0 spiro atoms. The molecule has 0 radical (unpaired) electrons. The van der Waals surface area contributed by atoms with Gasteiger partial charge in [-0.3, -0.25) is 19.2 Å². The van der Waals surface area contributed by atoms with Gasteiger partial charge in [-0.1, -0.05) is 177 Å². The predicted octanol–water partition coefficient (Wildman–Crippen LogP) is 13.9. The molecular weight excluding hydrogens is 1260 g/mol. The van der Waals surface area contributed by atoms with Crippen LogP contribution in [0, 0.1) is 0 Å². The number of rotatable bonds is 19. The van der Waals surface area contributed by atoms with E-state index < -0.39 is 70.1 Å². The van der Waals surface area contributed by atoms with Crippen LogP contribution in [0.25, 0.3) is 43.9 Å². The van der Waals surface area contributed by atoms with Crippen molar-refractivity contribution in [1.29, 1.82) is 0 Å². The Morgan fingerprint density at radius 3 is 0.847 bits per heavy atom. The van der Waals surface area contributed by atoms with E-state index in [0.29, 0.717) is 56.9 Å².